The van der Waals surface area contributed by atoms with Crippen molar-refractivity contribution < 1.29 is 0 Å². The van der Waals surface area contributed by atoms with Crippen molar-refractivity contribution in [3.05, 3.63) is 9.28 Å². The maximum absolute atomic E-state index is 2.53. The van der Waals surface area contributed by atoms with Crippen molar-refractivity contribution in [2.75, 3.05) is 0 Å². The Kier molecular flexibility index (Phi) is 7.41. The van der Waals surface area contributed by atoms with Gasteiger partial charge in [-0.3, -0.25) is 0 Å². The van der Waals surface area contributed by atoms with Crippen molar-refractivity contribution >= 4 is 30.7 Å². The first-order chi connectivity index (χ1) is 5.98. The zero-order valence-corrected chi connectivity index (χ0v) is 12.6. The molecule has 0 atom stereocenters. The second kappa shape index (κ2) is 7.04. The van der Waals surface area contributed by atoms with Crippen LogP contribution in [0.1, 0.15) is 39.0 Å². The van der Waals surface area contributed by atoms with E-state index in [-0.39, 0.29) is 0 Å². The molecular formula is C11H23ISi. The molecule has 0 aliphatic carbocycles. The second-order valence-corrected chi connectivity index (χ2v) is 11.9. The number of allylic oxidation sites excluding steroid dienone is 1. The standard InChI is InChI=1S/C11H23ISi/c1-5-6-7-8-9-10-11(12)13(2,3)4/h10H,5-9H2,1-4H3/b11-10-. The summed E-state index contributed by atoms with van der Waals surface area (Å²) in [7, 11) is -0.981. The lowest BCUT2D eigenvalue weighted by Gasteiger charge is -2.14. The summed E-state index contributed by atoms with van der Waals surface area (Å²) in [6.07, 6.45) is 9.28. The molecule has 0 aliphatic heterocycles. The lowest BCUT2D eigenvalue weighted by molar-refractivity contribution is 0.674. The van der Waals surface area contributed by atoms with Crippen LogP contribution in [0.3, 0.4) is 0 Å². The molecule has 0 rings (SSSR count). The molecule has 0 heterocycles. The van der Waals surface area contributed by atoms with Crippen LogP contribution in [0.25, 0.3) is 0 Å². The number of halogens is 1. The molecule has 0 saturated heterocycles. The summed E-state index contributed by atoms with van der Waals surface area (Å²) in [5.41, 5.74) is 0. The summed E-state index contributed by atoms with van der Waals surface area (Å²) in [6, 6.07) is 0. The smallest absolute Gasteiger partial charge is 0.0794 e. The van der Waals surface area contributed by atoms with E-state index in [0.29, 0.717) is 0 Å². The Morgan fingerprint density at radius 2 is 1.77 bits per heavy atom. The highest BCUT2D eigenvalue weighted by Gasteiger charge is 2.15. The van der Waals surface area contributed by atoms with Gasteiger partial charge in [0.25, 0.3) is 0 Å². The first-order valence-electron chi connectivity index (χ1n) is 5.34. The molecular weight excluding hydrogens is 287 g/mol. The van der Waals surface area contributed by atoms with E-state index >= 15 is 0 Å². The van der Waals surface area contributed by atoms with Crippen molar-refractivity contribution in [1.29, 1.82) is 0 Å². The van der Waals surface area contributed by atoms with Gasteiger partial charge in [0.15, 0.2) is 0 Å². The predicted molar refractivity (Wildman–Crippen MR) is 74.2 cm³/mol. The SMILES string of the molecule is CCCCCC/C=C(/I)[Si](C)(C)C. The summed E-state index contributed by atoms with van der Waals surface area (Å²) in [5, 5.41) is 0. The summed E-state index contributed by atoms with van der Waals surface area (Å²) < 4.78 is 1.64. The Morgan fingerprint density at radius 3 is 2.23 bits per heavy atom. The van der Waals surface area contributed by atoms with Gasteiger partial charge in [-0.2, -0.15) is 0 Å². The van der Waals surface area contributed by atoms with E-state index in [2.05, 4.69) is 55.2 Å². The number of hydrogen-bond donors (Lipinski definition) is 0. The van der Waals surface area contributed by atoms with E-state index in [1.165, 1.54) is 32.1 Å². The topological polar surface area (TPSA) is 0 Å². The van der Waals surface area contributed by atoms with Crippen LogP contribution in [0.5, 0.6) is 0 Å². The maximum Gasteiger partial charge on any atom is 0.0850 e. The summed E-state index contributed by atoms with van der Waals surface area (Å²) in [4.78, 5) is 0. The Morgan fingerprint density at radius 1 is 1.15 bits per heavy atom. The van der Waals surface area contributed by atoms with Crippen molar-refractivity contribution in [2.24, 2.45) is 0 Å². The van der Waals surface area contributed by atoms with E-state index in [1.807, 2.05) is 0 Å². The highest BCUT2D eigenvalue weighted by atomic mass is 127. The van der Waals surface area contributed by atoms with E-state index in [9.17, 15) is 0 Å². The van der Waals surface area contributed by atoms with Gasteiger partial charge in [-0.25, -0.2) is 0 Å². The fourth-order valence-corrected chi connectivity index (χ4v) is 2.17. The van der Waals surface area contributed by atoms with Gasteiger partial charge in [-0.1, -0.05) is 74.5 Å². The van der Waals surface area contributed by atoms with Crippen molar-refractivity contribution in [2.45, 2.75) is 58.7 Å². The minimum atomic E-state index is -0.981. The normalized spacial score (nSPS) is 13.5. The van der Waals surface area contributed by atoms with Crippen LogP contribution in [-0.4, -0.2) is 8.07 Å². The third kappa shape index (κ3) is 7.73. The molecule has 0 unspecified atom stereocenters. The van der Waals surface area contributed by atoms with Gasteiger partial charge in [0.2, 0.25) is 0 Å². The Balaban J connectivity index is 3.60. The van der Waals surface area contributed by atoms with Gasteiger partial charge >= 0.3 is 0 Å². The molecule has 0 fully saturated rings. The van der Waals surface area contributed by atoms with Gasteiger partial charge < -0.3 is 0 Å². The van der Waals surface area contributed by atoms with Gasteiger partial charge in [0.05, 0.1) is 8.07 Å². The highest BCUT2D eigenvalue weighted by molar-refractivity contribution is 14.1. The fourth-order valence-electron chi connectivity index (χ4n) is 1.11. The molecule has 0 amide bonds. The summed E-state index contributed by atoms with van der Waals surface area (Å²) >= 11 is 2.53. The quantitative estimate of drug-likeness (QED) is 0.361. The molecule has 0 radical (unpaired) electrons. The largest absolute Gasteiger partial charge is 0.0850 e. The molecule has 0 aliphatic rings. The maximum atomic E-state index is 2.53. The third-order valence-electron chi connectivity index (χ3n) is 2.10. The van der Waals surface area contributed by atoms with E-state index in [4.69, 9.17) is 0 Å². The minimum absolute atomic E-state index is 0.981. The van der Waals surface area contributed by atoms with E-state index < -0.39 is 8.07 Å². The zero-order chi connectivity index (χ0) is 10.3. The third-order valence-corrected chi connectivity index (χ3v) is 9.03. The molecule has 0 nitrogen and oxygen atoms in total. The van der Waals surface area contributed by atoms with Crippen LogP contribution in [0.15, 0.2) is 9.28 Å². The fraction of sp³-hybridized carbons (Fsp3) is 0.818. The average molecular weight is 310 g/mol. The first kappa shape index (κ1) is 13.7. The predicted octanol–water partition coefficient (Wildman–Crippen LogP) is 5.15. The van der Waals surface area contributed by atoms with Crippen LogP contribution in [0, 0.1) is 0 Å². The minimum Gasteiger partial charge on any atom is -0.0794 e. The average Bonchev–Trinajstić information content (AvgIpc) is 2.02. The molecule has 0 N–H and O–H groups in total. The number of rotatable bonds is 6. The van der Waals surface area contributed by atoms with Crippen LogP contribution >= 0.6 is 22.6 Å². The molecule has 0 saturated carbocycles. The first-order valence-corrected chi connectivity index (χ1v) is 9.92. The van der Waals surface area contributed by atoms with Gasteiger partial charge in [-0.15, -0.1) is 0 Å². The van der Waals surface area contributed by atoms with Crippen molar-refractivity contribution in [3.63, 3.8) is 0 Å². The molecule has 0 bridgehead atoms. The molecule has 0 aromatic rings. The molecule has 2 heteroatoms. The lowest BCUT2D eigenvalue weighted by atomic mass is 10.2. The van der Waals surface area contributed by atoms with Gasteiger partial charge in [0.1, 0.15) is 0 Å². The Bertz CT molecular complexity index is 156. The van der Waals surface area contributed by atoms with Crippen molar-refractivity contribution in [3.8, 4) is 0 Å². The molecule has 0 aromatic heterocycles. The number of unbranched alkanes of at least 4 members (excludes halogenated alkanes) is 4. The van der Waals surface area contributed by atoms with Crippen LogP contribution in [0.2, 0.25) is 19.6 Å². The van der Waals surface area contributed by atoms with Gasteiger partial charge in [0, 0.05) is 0 Å². The molecule has 0 aromatic carbocycles. The van der Waals surface area contributed by atoms with Crippen LogP contribution in [0.4, 0.5) is 0 Å². The van der Waals surface area contributed by atoms with E-state index in [1.54, 1.807) is 3.20 Å². The van der Waals surface area contributed by atoms with Crippen LogP contribution < -0.4 is 0 Å². The Labute approximate surface area is 98.3 Å². The number of hydrogen-bond acceptors (Lipinski definition) is 0. The monoisotopic (exact) mass is 310 g/mol. The summed E-state index contributed by atoms with van der Waals surface area (Å²) in [6.45, 7) is 9.51. The van der Waals surface area contributed by atoms with Crippen molar-refractivity contribution in [1.82, 2.24) is 0 Å². The molecule has 0 spiro atoms. The highest BCUT2D eigenvalue weighted by Crippen LogP contribution is 2.22. The summed E-state index contributed by atoms with van der Waals surface area (Å²) in [5.74, 6) is 0. The Hall–Kier alpha value is 0.687. The lowest BCUT2D eigenvalue weighted by Crippen LogP contribution is -2.20. The molecule has 78 valence electrons. The van der Waals surface area contributed by atoms with Crippen LogP contribution in [-0.2, 0) is 0 Å². The molecule has 13 heavy (non-hydrogen) atoms. The second-order valence-electron chi connectivity index (χ2n) is 4.65. The van der Waals surface area contributed by atoms with Gasteiger partial charge in [-0.05, 0) is 16.0 Å². The zero-order valence-electron chi connectivity index (χ0n) is 9.49. The van der Waals surface area contributed by atoms with E-state index in [0.717, 1.165) is 0 Å².